The summed E-state index contributed by atoms with van der Waals surface area (Å²) in [5.41, 5.74) is 0.592. The molecule has 0 saturated heterocycles. The van der Waals surface area contributed by atoms with Gasteiger partial charge in [-0.3, -0.25) is 0 Å². The van der Waals surface area contributed by atoms with E-state index in [-0.39, 0.29) is 18.0 Å². The molecule has 2 aromatic carbocycles. The summed E-state index contributed by atoms with van der Waals surface area (Å²) in [6.45, 7) is 7.47. The lowest BCUT2D eigenvalue weighted by atomic mass is 9.99. The lowest BCUT2D eigenvalue weighted by Gasteiger charge is -2.18. The molecular weight excluding hydrogens is 304 g/mol. The molecule has 0 aliphatic carbocycles. The third kappa shape index (κ3) is 6.32. The second-order valence-electron chi connectivity index (χ2n) is 6.67. The number of ether oxygens (including phenoxy) is 3. The number of hydrogen-bond acceptors (Lipinski definition) is 4. The van der Waals surface area contributed by atoms with Gasteiger partial charge in [0.2, 0.25) is 0 Å². The third-order valence-electron chi connectivity index (χ3n) is 3.09. The highest BCUT2D eigenvalue weighted by atomic mass is 16.6. The Labute approximate surface area is 143 Å². The predicted molar refractivity (Wildman–Crippen MR) is 93.6 cm³/mol. The zero-order valence-electron chi connectivity index (χ0n) is 14.5. The molecule has 0 spiro atoms. The van der Waals surface area contributed by atoms with Crippen LogP contribution in [0.4, 0.5) is 0 Å². The van der Waals surface area contributed by atoms with Gasteiger partial charge < -0.3 is 14.2 Å². The molecule has 0 atom stereocenters. The Balaban J connectivity index is 1.74. The molecule has 0 aromatic heterocycles. The normalized spacial score (nSPS) is 11.0. The molecule has 24 heavy (non-hydrogen) atoms. The van der Waals surface area contributed by atoms with E-state index < -0.39 is 0 Å². The first-order valence-corrected chi connectivity index (χ1v) is 8.02. The zero-order valence-corrected chi connectivity index (χ0v) is 14.5. The Bertz CT molecular complexity index is 627. The molecule has 0 aliphatic heterocycles. The predicted octanol–water partition coefficient (Wildman–Crippen LogP) is 4.35. The number of rotatable bonds is 7. The smallest absolute Gasteiger partial charge is 0.338 e. The van der Waals surface area contributed by atoms with Gasteiger partial charge in [0.15, 0.2) is 0 Å². The van der Waals surface area contributed by atoms with E-state index in [1.54, 1.807) is 24.3 Å². The van der Waals surface area contributed by atoms with Gasteiger partial charge in [-0.2, -0.15) is 0 Å². The van der Waals surface area contributed by atoms with Crippen molar-refractivity contribution in [2.24, 2.45) is 5.41 Å². The molecule has 0 aliphatic rings. The topological polar surface area (TPSA) is 44.8 Å². The number of carbonyl (C=O) groups is 1. The van der Waals surface area contributed by atoms with Crippen LogP contribution in [0, 0.1) is 5.41 Å². The Hall–Kier alpha value is -2.49. The van der Waals surface area contributed by atoms with Crippen LogP contribution < -0.4 is 9.47 Å². The number of carbonyl (C=O) groups excluding carboxylic acids is 1. The fraction of sp³-hybridized carbons (Fsp3) is 0.350. The Morgan fingerprint density at radius 2 is 1.46 bits per heavy atom. The zero-order chi connectivity index (χ0) is 17.4. The molecule has 0 radical (unpaired) electrons. The van der Waals surface area contributed by atoms with Crippen LogP contribution >= 0.6 is 0 Å². The van der Waals surface area contributed by atoms with Crippen LogP contribution in [-0.4, -0.2) is 25.8 Å². The molecule has 0 N–H and O–H groups in total. The lowest BCUT2D eigenvalue weighted by Crippen LogP contribution is -2.17. The molecule has 2 rings (SSSR count). The first-order valence-electron chi connectivity index (χ1n) is 8.02. The van der Waals surface area contributed by atoms with E-state index in [2.05, 4.69) is 20.8 Å². The molecule has 0 saturated carbocycles. The van der Waals surface area contributed by atoms with Crippen molar-refractivity contribution in [1.29, 1.82) is 0 Å². The van der Waals surface area contributed by atoms with Crippen molar-refractivity contribution in [3.05, 3.63) is 60.2 Å². The average Bonchev–Trinajstić information content (AvgIpc) is 2.57. The highest BCUT2D eigenvalue weighted by molar-refractivity contribution is 5.89. The van der Waals surface area contributed by atoms with Gasteiger partial charge in [0, 0.05) is 0 Å². The summed E-state index contributed by atoms with van der Waals surface area (Å²) in [7, 11) is 0. The summed E-state index contributed by atoms with van der Waals surface area (Å²) < 4.78 is 16.4. The Kier molecular flexibility index (Phi) is 6.24. The lowest BCUT2D eigenvalue weighted by molar-refractivity contribution is 0.0450. The molecule has 2 aromatic rings. The molecule has 0 fully saturated rings. The van der Waals surface area contributed by atoms with Gasteiger partial charge in [-0.15, -0.1) is 0 Å². The van der Waals surface area contributed by atoms with Gasteiger partial charge in [0.1, 0.15) is 24.7 Å². The van der Waals surface area contributed by atoms with Crippen molar-refractivity contribution in [2.75, 3.05) is 19.8 Å². The van der Waals surface area contributed by atoms with Crippen LogP contribution in [0.15, 0.2) is 54.6 Å². The summed E-state index contributed by atoms with van der Waals surface area (Å²) in [5, 5.41) is 0. The van der Waals surface area contributed by atoms with E-state index in [9.17, 15) is 4.79 Å². The van der Waals surface area contributed by atoms with Crippen LogP contribution in [0.2, 0.25) is 0 Å². The van der Waals surface area contributed by atoms with Gasteiger partial charge in [-0.1, -0.05) is 39.0 Å². The standard InChI is InChI=1S/C20H24O4/c1-20(2,3)15-24-18-11-9-16(10-12-18)19(21)23-14-13-22-17-7-5-4-6-8-17/h4-12H,13-15H2,1-3H3. The van der Waals surface area contributed by atoms with Gasteiger partial charge in [0.25, 0.3) is 0 Å². The second-order valence-corrected chi connectivity index (χ2v) is 6.67. The Morgan fingerprint density at radius 1 is 0.833 bits per heavy atom. The van der Waals surface area contributed by atoms with Crippen molar-refractivity contribution >= 4 is 5.97 Å². The van der Waals surface area contributed by atoms with E-state index in [0.29, 0.717) is 18.8 Å². The fourth-order valence-electron chi connectivity index (χ4n) is 1.88. The highest BCUT2D eigenvalue weighted by Gasteiger charge is 2.12. The number of benzene rings is 2. The minimum atomic E-state index is -0.367. The highest BCUT2D eigenvalue weighted by Crippen LogP contribution is 2.18. The maximum Gasteiger partial charge on any atom is 0.338 e. The Morgan fingerprint density at radius 3 is 2.08 bits per heavy atom. The molecule has 0 unspecified atom stereocenters. The minimum Gasteiger partial charge on any atom is -0.493 e. The average molecular weight is 328 g/mol. The molecular formula is C20H24O4. The minimum absolute atomic E-state index is 0.0936. The molecule has 4 heteroatoms. The second kappa shape index (κ2) is 8.39. The molecule has 0 bridgehead atoms. The van der Waals surface area contributed by atoms with Gasteiger partial charge in [-0.25, -0.2) is 4.79 Å². The molecule has 4 nitrogen and oxygen atoms in total. The largest absolute Gasteiger partial charge is 0.493 e. The molecule has 128 valence electrons. The quantitative estimate of drug-likeness (QED) is 0.560. The number of para-hydroxylation sites is 1. The van der Waals surface area contributed by atoms with Crippen molar-refractivity contribution < 1.29 is 19.0 Å². The van der Waals surface area contributed by atoms with E-state index >= 15 is 0 Å². The first-order chi connectivity index (χ1) is 11.4. The third-order valence-corrected chi connectivity index (χ3v) is 3.09. The van der Waals surface area contributed by atoms with Crippen LogP contribution in [0.5, 0.6) is 11.5 Å². The maximum atomic E-state index is 12.0. The van der Waals surface area contributed by atoms with Crippen molar-refractivity contribution in [3.63, 3.8) is 0 Å². The number of esters is 1. The molecule has 0 heterocycles. The van der Waals surface area contributed by atoms with Crippen LogP contribution in [0.25, 0.3) is 0 Å². The van der Waals surface area contributed by atoms with Crippen molar-refractivity contribution in [3.8, 4) is 11.5 Å². The fourth-order valence-corrected chi connectivity index (χ4v) is 1.88. The van der Waals surface area contributed by atoms with Crippen LogP contribution in [-0.2, 0) is 4.74 Å². The number of hydrogen-bond donors (Lipinski definition) is 0. The first kappa shape index (κ1) is 17.9. The van der Waals surface area contributed by atoms with E-state index in [4.69, 9.17) is 14.2 Å². The van der Waals surface area contributed by atoms with Gasteiger partial charge >= 0.3 is 5.97 Å². The van der Waals surface area contributed by atoms with Crippen molar-refractivity contribution in [2.45, 2.75) is 20.8 Å². The van der Waals surface area contributed by atoms with Crippen LogP contribution in [0.3, 0.4) is 0 Å². The summed E-state index contributed by atoms with van der Waals surface area (Å²) in [6, 6.07) is 16.4. The van der Waals surface area contributed by atoms with Crippen molar-refractivity contribution in [1.82, 2.24) is 0 Å². The van der Waals surface area contributed by atoms with E-state index in [1.807, 2.05) is 30.3 Å². The van der Waals surface area contributed by atoms with Gasteiger partial charge in [-0.05, 0) is 41.8 Å². The molecule has 0 amide bonds. The van der Waals surface area contributed by atoms with Gasteiger partial charge in [0.05, 0.1) is 12.2 Å². The summed E-state index contributed by atoms with van der Waals surface area (Å²) in [4.78, 5) is 12.0. The van der Waals surface area contributed by atoms with Crippen LogP contribution in [0.1, 0.15) is 31.1 Å². The maximum absolute atomic E-state index is 12.0. The van der Waals surface area contributed by atoms with E-state index in [0.717, 1.165) is 11.5 Å². The summed E-state index contributed by atoms with van der Waals surface area (Å²) in [6.07, 6.45) is 0. The monoisotopic (exact) mass is 328 g/mol. The summed E-state index contributed by atoms with van der Waals surface area (Å²) in [5.74, 6) is 1.14. The van der Waals surface area contributed by atoms with E-state index in [1.165, 1.54) is 0 Å². The summed E-state index contributed by atoms with van der Waals surface area (Å²) >= 11 is 0. The SMILES string of the molecule is CC(C)(C)COc1ccc(C(=O)OCCOc2ccccc2)cc1.